The minimum absolute atomic E-state index is 0.0521. The summed E-state index contributed by atoms with van der Waals surface area (Å²) in [5.41, 5.74) is 1.30. The molecule has 2 saturated carbocycles. The summed E-state index contributed by atoms with van der Waals surface area (Å²) in [7, 11) is 3.66. The zero-order chi connectivity index (χ0) is 28.5. The normalized spacial score (nSPS) is 27.9. The molecular weight excluding hydrogens is 498 g/mol. The molecule has 1 N–H and O–H groups in total. The summed E-state index contributed by atoms with van der Waals surface area (Å²) in [6.45, 7) is 4.11. The maximum atomic E-state index is 14.1. The van der Waals surface area contributed by atoms with Gasteiger partial charge in [0.15, 0.2) is 28.9 Å². The van der Waals surface area contributed by atoms with E-state index in [1.54, 1.807) is 30.3 Å². The van der Waals surface area contributed by atoms with Crippen LogP contribution in [0, 0.1) is 29.1 Å². The molecule has 0 saturated heterocycles. The molecule has 0 bridgehead atoms. The lowest BCUT2D eigenvalue weighted by Crippen LogP contribution is -2.61. The third-order valence-electron chi connectivity index (χ3n) is 9.08. The van der Waals surface area contributed by atoms with Gasteiger partial charge < -0.3 is 10.0 Å². The van der Waals surface area contributed by atoms with E-state index in [1.165, 1.54) is 20.8 Å². The Bertz CT molecular complexity index is 1490. The van der Waals surface area contributed by atoms with Crippen molar-refractivity contribution in [2.75, 3.05) is 19.0 Å². The van der Waals surface area contributed by atoms with Gasteiger partial charge in [-0.05, 0) is 62.6 Å². The van der Waals surface area contributed by atoms with Crippen molar-refractivity contribution in [3.05, 3.63) is 47.0 Å². The number of fused-ring (bicyclic) bond motifs is 3. The van der Waals surface area contributed by atoms with Gasteiger partial charge in [-0.15, -0.1) is 0 Å². The first kappa shape index (κ1) is 26.7. The monoisotopic (exact) mass is 529 g/mol. The van der Waals surface area contributed by atoms with Crippen LogP contribution in [-0.4, -0.2) is 53.9 Å². The number of carbonyl (C=O) groups excluding carboxylic acids is 6. The zero-order valence-electron chi connectivity index (χ0n) is 22.7. The smallest absolute Gasteiger partial charge is 0.177 e. The molecule has 2 aromatic carbocycles. The van der Waals surface area contributed by atoms with Crippen molar-refractivity contribution in [1.29, 1.82) is 0 Å². The Morgan fingerprint density at radius 3 is 2.18 bits per heavy atom. The highest BCUT2D eigenvalue weighted by atomic mass is 16.3. The van der Waals surface area contributed by atoms with Gasteiger partial charge in [-0.25, -0.2) is 0 Å². The SMILES string of the molecule is CC(=O)c1ccc(-c2cc(N(C)C)c3c(c2O)C(=O)C2C(=O)[C@]4(C)C(=O)C(C(C)=O)C(=O)C[C@@H]4C[C@@H]2C3)cc1. The number of carbonyl (C=O) groups is 6. The van der Waals surface area contributed by atoms with Gasteiger partial charge in [-0.1, -0.05) is 24.3 Å². The first-order valence-corrected chi connectivity index (χ1v) is 13.1. The molecular formula is C31H31NO7. The van der Waals surface area contributed by atoms with E-state index in [0.717, 1.165) is 0 Å². The van der Waals surface area contributed by atoms with E-state index in [9.17, 15) is 33.9 Å². The second-order valence-electron chi connectivity index (χ2n) is 11.6. The molecule has 5 atom stereocenters. The van der Waals surface area contributed by atoms with Gasteiger partial charge in [0.1, 0.15) is 17.5 Å². The van der Waals surface area contributed by atoms with E-state index >= 15 is 0 Å². The predicted molar refractivity (Wildman–Crippen MR) is 143 cm³/mol. The number of phenolic OH excluding ortho intramolecular Hbond substituents is 1. The molecule has 2 unspecified atom stereocenters. The van der Waals surface area contributed by atoms with Crippen LogP contribution in [0.4, 0.5) is 5.69 Å². The average molecular weight is 530 g/mol. The number of nitrogens with zero attached hydrogens (tertiary/aromatic N) is 1. The molecule has 8 heteroatoms. The zero-order valence-corrected chi connectivity index (χ0v) is 22.7. The second kappa shape index (κ2) is 9.07. The molecule has 8 nitrogen and oxygen atoms in total. The van der Waals surface area contributed by atoms with E-state index in [0.29, 0.717) is 40.8 Å². The summed E-state index contributed by atoms with van der Waals surface area (Å²) in [6.07, 6.45) is 0.596. The lowest BCUT2D eigenvalue weighted by Gasteiger charge is -2.50. The van der Waals surface area contributed by atoms with Crippen LogP contribution >= 0.6 is 0 Å². The fourth-order valence-corrected chi connectivity index (χ4v) is 6.93. The van der Waals surface area contributed by atoms with Gasteiger partial charge in [0.2, 0.25) is 0 Å². The van der Waals surface area contributed by atoms with Gasteiger partial charge in [-0.3, -0.25) is 28.8 Å². The minimum Gasteiger partial charge on any atom is -0.507 e. The van der Waals surface area contributed by atoms with Crippen molar-refractivity contribution in [2.24, 2.45) is 29.1 Å². The molecule has 0 spiro atoms. The predicted octanol–water partition coefficient (Wildman–Crippen LogP) is 3.64. The molecule has 202 valence electrons. The van der Waals surface area contributed by atoms with Gasteiger partial charge >= 0.3 is 0 Å². The maximum absolute atomic E-state index is 14.1. The first-order chi connectivity index (χ1) is 18.3. The summed E-state index contributed by atoms with van der Waals surface area (Å²) < 4.78 is 0. The van der Waals surface area contributed by atoms with Crippen molar-refractivity contribution in [2.45, 2.75) is 40.0 Å². The van der Waals surface area contributed by atoms with E-state index in [2.05, 4.69) is 0 Å². The molecule has 3 aliphatic rings. The lowest BCUT2D eigenvalue weighted by atomic mass is 9.49. The van der Waals surface area contributed by atoms with Crippen LogP contribution in [0.2, 0.25) is 0 Å². The number of hydrogen-bond donors (Lipinski definition) is 1. The van der Waals surface area contributed by atoms with Crippen molar-refractivity contribution in [3.63, 3.8) is 0 Å². The topological polar surface area (TPSA) is 126 Å². The standard InChI is InChI=1S/C31H31NO7/c1-14(33)16-6-8-17(9-7-16)20-13-22(32(4)5)21-11-18-10-19-12-23(35)24(15(2)34)29(38)31(19,3)30(39)25(18)28(37)26(21)27(20)36/h6-9,13,18-19,24-25,36H,10-12H2,1-5H3/t18-,19+,24?,25?,31+/m1/s1. The van der Waals surface area contributed by atoms with Crippen LogP contribution in [0.15, 0.2) is 30.3 Å². The number of Topliss-reactive ketones (excluding diaryl/α,β-unsaturated/α-hetero) is 6. The van der Waals surface area contributed by atoms with Crippen molar-refractivity contribution in [3.8, 4) is 16.9 Å². The van der Waals surface area contributed by atoms with Crippen LogP contribution in [0.5, 0.6) is 5.75 Å². The number of aromatic hydroxyl groups is 1. The van der Waals surface area contributed by atoms with Crippen LogP contribution < -0.4 is 4.90 Å². The molecule has 5 rings (SSSR count). The van der Waals surface area contributed by atoms with E-state index in [1.807, 2.05) is 19.0 Å². The highest BCUT2D eigenvalue weighted by Gasteiger charge is 2.64. The number of phenols is 1. The number of anilines is 1. The van der Waals surface area contributed by atoms with Gasteiger partial charge in [-0.2, -0.15) is 0 Å². The van der Waals surface area contributed by atoms with Crippen molar-refractivity contribution >= 4 is 40.4 Å². The van der Waals surface area contributed by atoms with E-state index < -0.39 is 58.0 Å². The highest BCUT2D eigenvalue weighted by Crippen LogP contribution is 2.55. The fraction of sp³-hybridized carbons (Fsp3) is 0.419. The Hall–Kier alpha value is -3.94. The highest BCUT2D eigenvalue weighted by molar-refractivity contribution is 6.30. The number of ketones is 6. The second-order valence-corrected chi connectivity index (χ2v) is 11.6. The Kier molecular flexibility index (Phi) is 6.20. The third kappa shape index (κ3) is 3.79. The van der Waals surface area contributed by atoms with Gasteiger partial charge in [0, 0.05) is 37.3 Å². The Labute approximate surface area is 226 Å². The minimum atomic E-state index is -1.61. The molecule has 2 fully saturated rings. The summed E-state index contributed by atoms with van der Waals surface area (Å²) in [5, 5.41) is 11.4. The summed E-state index contributed by atoms with van der Waals surface area (Å²) in [5.74, 6) is -6.85. The van der Waals surface area contributed by atoms with Crippen LogP contribution in [0.3, 0.4) is 0 Å². The van der Waals surface area contributed by atoms with Gasteiger partial charge in [0.05, 0.1) is 16.9 Å². The molecule has 39 heavy (non-hydrogen) atoms. The lowest BCUT2D eigenvalue weighted by molar-refractivity contribution is -0.161. The molecule has 0 heterocycles. The molecule has 0 aliphatic heterocycles. The summed E-state index contributed by atoms with van der Waals surface area (Å²) >= 11 is 0. The largest absolute Gasteiger partial charge is 0.507 e. The molecule has 0 amide bonds. The van der Waals surface area contributed by atoms with Gasteiger partial charge in [0.25, 0.3) is 0 Å². The first-order valence-electron chi connectivity index (χ1n) is 13.1. The molecule has 2 aromatic rings. The van der Waals surface area contributed by atoms with E-state index in [-0.39, 0.29) is 23.5 Å². The fourth-order valence-electron chi connectivity index (χ4n) is 6.93. The Morgan fingerprint density at radius 1 is 0.974 bits per heavy atom. The number of hydrogen-bond acceptors (Lipinski definition) is 8. The van der Waals surface area contributed by atoms with E-state index in [4.69, 9.17) is 0 Å². The van der Waals surface area contributed by atoms with Crippen LogP contribution in [0.25, 0.3) is 11.1 Å². The Morgan fingerprint density at radius 2 is 1.62 bits per heavy atom. The molecule has 0 radical (unpaired) electrons. The number of benzene rings is 2. The summed E-state index contributed by atoms with van der Waals surface area (Å²) in [6, 6.07) is 8.49. The van der Waals surface area contributed by atoms with Crippen molar-refractivity contribution < 1.29 is 33.9 Å². The van der Waals surface area contributed by atoms with Crippen molar-refractivity contribution in [1.82, 2.24) is 0 Å². The van der Waals surface area contributed by atoms with Crippen LogP contribution in [-0.2, 0) is 25.6 Å². The molecule has 0 aromatic heterocycles. The maximum Gasteiger partial charge on any atom is 0.177 e. The molecule has 3 aliphatic carbocycles. The number of rotatable bonds is 4. The average Bonchev–Trinajstić information content (AvgIpc) is 2.86. The Balaban J connectivity index is 1.64. The quantitative estimate of drug-likeness (QED) is 0.470. The third-order valence-corrected chi connectivity index (χ3v) is 9.08. The van der Waals surface area contributed by atoms with Crippen LogP contribution in [0.1, 0.15) is 59.9 Å². The summed E-state index contributed by atoms with van der Waals surface area (Å²) in [4.78, 5) is 80.0.